The van der Waals surface area contributed by atoms with Crippen LogP contribution in [0.2, 0.25) is 0 Å². The molecule has 0 saturated heterocycles. The molecular formula is C13H26N2O6. The number of rotatable bonds is 12. The monoisotopic (exact) mass is 306 g/mol. The maximum atomic E-state index is 11.2. The zero-order chi connectivity index (χ0) is 16.4. The molecule has 0 bridgehead atoms. The Kier molecular flexibility index (Phi) is 9.89. The first-order valence-corrected chi connectivity index (χ1v) is 7.07. The van der Waals surface area contributed by atoms with Crippen molar-refractivity contribution < 1.29 is 29.6 Å². The molecule has 7 N–H and O–H groups in total. The minimum absolute atomic E-state index is 0.174. The van der Waals surface area contributed by atoms with Gasteiger partial charge in [-0.25, -0.2) is 0 Å². The Morgan fingerprint density at radius 2 is 1.52 bits per heavy atom. The van der Waals surface area contributed by atoms with E-state index in [9.17, 15) is 24.9 Å². The summed E-state index contributed by atoms with van der Waals surface area (Å²) < 4.78 is 5.15. The van der Waals surface area contributed by atoms with Crippen LogP contribution in [0.5, 0.6) is 0 Å². The van der Waals surface area contributed by atoms with Crippen LogP contribution in [0, 0.1) is 0 Å². The number of carbonyl (C=O) groups is 2. The largest absolute Gasteiger partial charge is 0.387 e. The highest BCUT2D eigenvalue weighted by atomic mass is 16.5. The van der Waals surface area contributed by atoms with E-state index in [4.69, 9.17) is 16.2 Å². The molecule has 0 aliphatic heterocycles. The fourth-order valence-electron chi connectivity index (χ4n) is 1.80. The predicted octanol–water partition coefficient (Wildman–Crippen LogP) is -1.60. The van der Waals surface area contributed by atoms with E-state index < -0.39 is 36.2 Å². The van der Waals surface area contributed by atoms with E-state index in [1.807, 2.05) is 0 Å². The van der Waals surface area contributed by atoms with Crippen molar-refractivity contribution in [2.24, 2.45) is 11.5 Å². The van der Waals surface area contributed by atoms with Crippen molar-refractivity contribution in [2.75, 3.05) is 6.61 Å². The number of primary amides is 2. The van der Waals surface area contributed by atoms with Crippen molar-refractivity contribution in [3.63, 3.8) is 0 Å². The van der Waals surface area contributed by atoms with Crippen LogP contribution in [-0.2, 0) is 14.3 Å². The van der Waals surface area contributed by atoms with Gasteiger partial charge in [0.15, 0.2) is 12.2 Å². The Morgan fingerprint density at radius 3 is 2.00 bits per heavy atom. The van der Waals surface area contributed by atoms with Gasteiger partial charge >= 0.3 is 0 Å². The molecule has 0 aromatic heterocycles. The number of nitrogens with two attached hydrogens (primary N) is 2. The Balaban J connectivity index is 4.34. The number of aliphatic hydroxyl groups is 3. The van der Waals surface area contributed by atoms with Gasteiger partial charge in [0, 0.05) is 6.61 Å². The first-order valence-electron chi connectivity index (χ1n) is 7.07. The van der Waals surface area contributed by atoms with Crippen molar-refractivity contribution >= 4 is 11.8 Å². The zero-order valence-electron chi connectivity index (χ0n) is 12.3. The number of hydrogen-bond donors (Lipinski definition) is 5. The van der Waals surface area contributed by atoms with Gasteiger partial charge in [-0.15, -0.1) is 0 Å². The second-order valence-corrected chi connectivity index (χ2v) is 4.94. The van der Waals surface area contributed by atoms with Gasteiger partial charge in [0.1, 0.15) is 12.2 Å². The van der Waals surface area contributed by atoms with E-state index in [-0.39, 0.29) is 6.61 Å². The van der Waals surface area contributed by atoms with E-state index in [2.05, 4.69) is 6.92 Å². The first-order chi connectivity index (χ1) is 9.82. The van der Waals surface area contributed by atoms with Gasteiger partial charge in [-0.3, -0.25) is 9.59 Å². The quantitative estimate of drug-likeness (QED) is 0.273. The van der Waals surface area contributed by atoms with Crippen LogP contribution in [0.4, 0.5) is 0 Å². The Bertz CT molecular complexity index is 326. The summed E-state index contributed by atoms with van der Waals surface area (Å²) >= 11 is 0. The van der Waals surface area contributed by atoms with Crippen molar-refractivity contribution in [1.29, 1.82) is 0 Å². The summed E-state index contributed by atoms with van der Waals surface area (Å²) in [6, 6.07) is 0. The van der Waals surface area contributed by atoms with Crippen molar-refractivity contribution in [3.05, 3.63) is 0 Å². The van der Waals surface area contributed by atoms with Crippen molar-refractivity contribution in [3.8, 4) is 0 Å². The van der Waals surface area contributed by atoms with Gasteiger partial charge in [-0.1, -0.05) is 32.6 Å². The smallest absolute Gasteiger partial charge is 0.249 e. The van der Waals surface area contributed by atoms with E-state index in [0.29, 0.717) is 6.42 Å². The number of ether oxygens (including phenoxy) is 1. The van der Waals surface area contributed by atoms with Crippen molar-refractivity contribution in [1.82, 2.24) is 0 Å². The summed E-state index contributed by atoms with van der Waals surface area (Å²) in [6.45, 7) is 2.26. The lowest BCUT2D eigenvalue weighted by atomic mass is 10.0. The fraction of sp³-hybridized carbons (Fsp3) is 0.846. The highest BCUT2D eigenvalue weighted by molar-refractivity contribution is 5.81. The fourth-order valence-corrected chi connectivity index (χ4v) is 1.80. The van der Waals surface area contributed by atoms with Crippen LogP contribution in [0.25, 0.3) is 0 Å². The molecule has 0 fully saturated rings. The molecule has 0 aliphatic rings. The van der Waals surface area contributed by atoms with Gasteiger partial charge in [0.25, 0.3) is 0 Å². The average molecular weight is 306 g/mol. The van der Waals surface area contributed by atoms with E-state index in [1.165, 1.54) is 0 Å². The second-order valence-electron chi connectivity index (χ2n) is 4.94. The summed E-state index contributed by atoms with van der Waals surface area (Å²) in [5.74, 6) is -2.21. The van der Waals surface area contributed by atoms with Gasteiger partial charge in [0.05, 0.1) is 0 Å². The highest BCUT2D eigenvalue weighted by Crippen LogP contribution is 2.10. The molecule has 0 heterocycles. The van der Waals surface area contributed by atoms with Crippen LogP contribution >= 0.6 is 0 Å². The summed E-state index contributed by atoms with van der Waals surface area (Å²) in [7, 11) is 0. The molecule has 0 saturated carbocycles. The Hall–Kier alpha value is -1.22. The molecule has 21 heavy (non-hydrogen) atoms. The first kappa shape index (κ1) is 19.8. The second kappa shape index (κ2) is 10.5. The molecular weight excluding hydrogens is 280 g/mol. The summed E-state index contributed by atoms with van der Waals surface area (Å²) in [6.07, 6.45) is -2.48. The summed E-state index contributed by atoms with van der Waals surface area (Å²) in [5, 5.41) is 28.6. The van der Waals surface area contributed by atoms with E-state index in [0.717, 1.165) is 25.7 Å². The molecule has 8 nitrogen and oxygen atoms in total. The van der Waals surface area contributed by atoms with Crippen LogP contribution in [-0.4, -0.2) is 58.2 Å². The average Bonchev–Trinajstić information content (AvgIpc) is 2.43. The lowest BCUT2D eigenvalue weighted by Gasteiger charge is -2.26. The van der Waals surface area contributed by atoms with Crippen LogP contribution in [0.3, 0.4) is 0 Å². The molecule has 0 radical (unpaired) electrons. The van der Waals surface area contributed by atoms with Crippen LogP contribution in [0.1, 0.15) is 39.0 Å². The SMILES string of the molecule is CCCCCCCO[C@@H](C(N)=O)[C@@H](O)[C@H](O)[C@H](O)C(N)=O. The molecule has 0 aliphatic carbocycles. The molecule has 0 spiro atoms. The molecule has 4 atom stereocenters. The van der Waals surface area contributed by atoms with Crippen LogP contribution in [0.15, 0.2) is 0 Å². The topological polar surface area (TPSA) is 156 Å². The number of unbranched alkanes of at least 4 members (excludes halogenated alkanes) is 4. The van der Waals surface area contributed by atoms with Gasteiger partial charge in [-0.2, -0.15) is 0 Å². The van der Waals surface area contributed by atoms with Gasteiger partial charge < -0.3 is 31.5 Å². The molecule has 0 aromatic carbocycles. The van der Waals surface area contributed by atoms with Crippen molar-refractivity contribution in [2.45, 2.75) is 63.4 Å². The van der Waals surface area contributed by atoms with E-state index >= 15 is 0 Å². The minimum atomic E-state index is -2.00. The molecule has 0 rings (SSSR count). The molecule has 8 heteroatoms. The van der Waals surface area contributed by atoms with Crippen LogP contribution < -0.4 is 11.5 Å². The maximum Gasteiger partial charge on any atom is 0.249 e. The highest BCUT2D eigenvalue weighted by Gasteiger charge is 2.37. The Morgan fingerprint density at radius 1 is 0.952 bits per heavy atom. The zero-order valence-corrected chi connectivity index (χ0v) is 12.3. The third kappa shape index (κ3) is 7.37. The lowest BCUT2D eigenvalue weighted by molar-refractivity contribution is -0.158. The number of hydrogen-bond acceptors (Lipinski definition) is 6. The standard InChI is InChI=1S/C13H26N2O6/c1-2-3-4-5-6-7-21-11(13(15)20)9(17)8(16)10(18)12(14)19/h8-11,16-18H,2-7H2,1H3,(H2,14,19)(H2,15,20)/t8-,9-,10-,11+/m0/s1. The molecule has 0 aromatic rings. The number of amides is 2. The third-order valence-corrected chi connectivity index (χ3v) is 3.10. The molecule has 0 unspecified atom stereocenters. The van der Waals surface area contributed by atoms with Gasteiger partial charge in [-0.05, 0) is 6.42 Å². The normalized spacial score (nSPS) is 17.0. The van der Waals surface area contributed by atoms with Gasteiger partial charge in [0.2, 0.25) is 11.8 Å². The minimum Gasteiger partial charge on any atom is -0.387 e. The third-order valence-electron chi connectivity index (χ3n) is 3.10. The number of aliphatic hydroxyl groups excluding tert-OH is 3. The Labute approximate surface area is 124 Å². The summed E-state index contributed by atoms with van der Waals surface area (Å²) in [4.78, 5) is 22.0. The lowest BCUT2D eigenvalue weighted by Crippen LogP contribution is -2.53. The summed E-state index contributed by atoms with van der Waals surface area (Å²) in [5.41, 5.74) is 9.88. The van der Waals surface area contributed by atoms with E-state index in [1.54, 1.807) is 0 Å². The molecule has 124 valence electrons. The maximum absolute atomic E-state index is 11.2. The molecule has 2 amide bonds. The predicted molar refractivity (Wildman–Crippen MR) is 74.9 cm³/mol. The number of carbonyl (C=O) groups excluding carboxylic acids is 2.